The molecular formula is C14H20FNO4S. The molecule has 1 N–H and O–H groups in total. The van der Waals surface area contributed by atoms with Crippen molar-refractivity contribution >= 4 is 10.0 Å². The summed E-state index contributed by atoms with van der Waals surface area (Å²) >= 11 is 0. The minimum absolute atomic E-state index is 0.167. The zero-order valence-corrected chi connectivity index (χ0v) is 12.8. The van der Waals surface area contributed by atoms with Crippen LogP contribution < -0.4 is 0 Å². The second kappa shape index (κ2) is 6.83. The SMILES string of the molecule is CN(CC1CCOCC1)S(=O)(=O)c1cc(F)ccc1CO. The molecule has 0 atom stereocenters. The van der Waals surface area contributed by atoms with Crippen molar-refractivity contribution in [2.45, 2.75) is 24.3 Å². The Bertz CT molecular complexity index is 585. The fourth-order valence-electron chi connectivity index (χ4n) is 2.46. The molecule has 1 aromatic rings. The summed E-state index contributed by atoms with van der Waals surface area (Å²) in [4.78, 5) is -0.167. The van der Waals surface area contributed by atoms with Crippen LogP contribution in [0.4, 0.5) is 4.39 Å². The summed E-state index contributed by atoms with van der Waals surface area (Å²) in [6.45, 7) is 1.20. The molecule has 1 aliphatic heterocycles. The Morgan fingerprint density at radius 2 is 2.05 bits per heavy atom. The fourth-order valence-corrected chi connectivity index (χ4v) is 3.93. The molecule has 1 aliphatic rings. The van der Waals surface area contributed by atoms with Gasteiger partial charge < -0.3 is 9.84 Å². The van der Waals surface area contributed by atoms with Crippen molar-refractivity contribution in [1.29, 1.82) is 0 Å². The van der Waals surface area contributed by atoms with E-state index in [1.54, 1.807) is 0 Å². The topological polar surface area (TPSA) is 66.8 Å². The van der Waals surface area contributed by atoms with Crippen molar-refractivity contribution in [2.24, 2.45) is 5.92 Å². The lowest BCUT2D eigenvalue weighted by molar-refractivity contribution is 0.0620. The lowest BCUT2D eigenvalue weighted by atomic mass is 10.0. The van der Waals surface area contributed by atoms with Gasteiger partial charge in [0.2, 0.25) is 10.0 Å². The Morgan fingerprint density at radius 1 is 1.38 bits per heavy atom. The van der Waals surface area contributed by atoms with E-state index >= 15 is 0 Å². The van der Waals surface area contributed by atoms with Gasteiger partial charge in [0.25, 0.3) is 0 Å². The molecule has 1 fully saturated rings. The van der Waals surface area contributed by atoms with Gasteiger partial charge in [-0.15, -0.1) is 0 Å². The highest BCUT2D eigenvalue weighted by Crippen LogP contribution is 2.23. The number of ether oxygens (including phenoxy) is 1. The van der Waals surface area contributed by atoms with E-state index in [1.807, 2.05) is 0 Å². The molecule has 5 nitrogen and oxygen atoms in total. The van der Waals surface area contributed by atoms with Gasteiger partial charge in [-0.05, 0) is 36.5 Å². The molecule has 0 amide bonds. The van der Waals surface area contributed by atoms with Crippen molar-refractivity contribution in [3.8, 4) is 0 Å². The molecule has 1 aromatic carbocycles. The summed E-state index contributed by atoms with van der Waals surface area (Å²) in [5, 5.41) is 9.25. The molecular weight excluding hydrogens is 297 g/mol. The number of hydrogen-bond acceptors (Lipinski definition) is 4. The smallest absolute Gasteiger partial charge is 0.243 e. The summed E-state index contributed by atoms with van der Waals surface area (Å²) in [7, 11) is -2.33. The minimum Gasteiger partial charge on any atom is -0.392 e. The van der Waals surface area contributed by atoms with E-state index in [-0.39, 0.29) is 16.4 Å². The Balaban J connectivity index is 2.22. The molecule has 0 saturated carbocycles. The average Bonchev–Trinajstić information content (AvgIpc) is 2.48. The van der Waals surface area contributed by atoms with Crippen molar-refractivity contribution in [3.63, 3.8) is 0 Å². The largest absolute Gasteiger partial charge is 0.392 e. The van der Waals surface area contributed by atoms with Crippen LogP contribution in [0.2, 0.25) is 0 Å². The quantitative estimate of drug-likeness (QED) is 0.890. The highest BCUT2D eigenvalue weighted by Gasteiger charge is 2.27. The standard InChI is InChI=1S/C14H20FNO4S/c1-16(9-11-4-6-20-7-5-11)21(18,19)14-8-13(15)3-2-12(14)10-17/h2-3,8,11,17H,4-7,9-10H2,1H3. The Kier molecular flexibility index (Phi) is 5.32. The maximum Gasteiger partial charge on any atom is 0.243 e. The van der Waals surface area contributed by atoms with Crippen molar-refractivity contribution in [1.82, 2.24) is 4.31 Å². The maximum atomic E-state index is 13.4. The van der Waals surface area contributed by atoms with Gasteiger partial charge in [0.05, 0.1) is 11.5 Å². The molecule has 118 valence electrons. The summed E-state index contributed by atoms with van der Waals surface area (Å²) < 4.78 is 45.0. The fraction of sp³-hybridized carbons (Fsp3) is 0.571. The number of aliphatic hydroxyl groups is 1. The average molecular weight is 317 g/mol. The van der Waals surface area contributed by atoms with Crippen LogP contribution in [-0.2, 0) is 21.4 Å². The highest BCUT2D eigenvalue weighted by atomic mass is 32.2. The van der Waals surface area contributed by atoms with Crippen molar-refractivity contribution in [3.05, 3.63) is 29.6 Å². The van der Waals surface area contributed by atoms with Crippen LogP contribution in [-0.4, -0.2) is 44.6 Å². The second-order valence-electron chi connectivity index (χ2n) is 5.25. The predicted octanol–water partition coefficient (Wildman–Crippen LogP) is 1.37. The molecule has 0 spiro atoms. The first-order valence-corrected chi connectivity index (χ1v) is 8.32. The van der Waals surface area contributed by atoms with Crippen LogP contribution in [0.1, 0.15) is 18.4 Å². The van der Waals surface area contributed by atoms with Gasteiger partial charge in [0, 0.05) is 26.8 Å². The van der Waals surface area contributed by atoms with Gasteiger partial charge in [-0.1, -0.05) is 6.07 Å². The summed E-state index contributed by atoms with van der Waals surface area (Å²) in [6, 6.07) is 3.40. The molecule has 0 bridgehead atoms. The van der Waals surface area contributed by atoms with Crippen molar-refractivity contribution in [2.75, 3.05) is 26.8 Å². The van der Waals surface area contributed by atoms with Crippen LogP contribution in [0.3, 0.4) is 0 Å². The van der Waals surface area contributed by atoms with Crippen LogP contribution in [0.25, 0.3) is 0 Å². The summed E-state index contributed by atoms with van der Waals surface area (Å²) in [5.41, 5.74) is 0.204. The number of benzene rings is 1. The molecule has 1 heterocycles. The Morgan fingerprint density at radius 3 is 2.67 bits per heavy atom. The monoisotopic (exact) mass is 317 g/mol. The number of nitrogens with zero attached hydrogens (tertiary/aromatic N) is 1. The van der Waals surface area contributed by atoms with E-state index in [0.29, 0.717) is 19.8 Å². The minimum atomic E-state index is -3.81. The van der Waals surface area contributed by atoms with E-state index in [9.17, 15) is 17.9 Å². The molecule has 21 heavy (non-hydrogen) atoms. The van der Waals surface area contributed by atoms with Crippen LogP contribution in [0.5, 0.6) is 0 Å². The summed E-state index contributed by atoms with van der Waals surface area (Å²) in [6.07, 6.45) is 1.63. The number of hydrogen-bond donors (Lipinski definition) is 1. The lowest BCUT2D eigenvalue weighted by Crippen LogP contribution is -2.34. The van der Waals surface area contributed by atoms with E-state index < -0.39 is 22.4 Å². The molecule has 0 radical (unpaired) electrons. The van der Waals surface area contributed by atoms with E-state index in [2.05, 4.69) is 0 Å². The molecule has 0 aromatic heterocycles. The van der Waals surface area contributed by atoms with Crippen LogP contribution in [0, 0.1) is 11.7 Å². The Labute approximate surface area is 124 Å². The first kappa shape index (κ1) is 16.4. The molecule has 2 rings (SSSR count). The van der Waals surface area contributed by atoms with Gasteiger partial charge in [0.15, 0.2) is 0 Å². The van der Waals surface area contributed by atoms with Gasteiger partial charge in [-0.25, -0.2) is 17.1 Å². The number of aliphatic hydroxyl groups excluding tert-OH is 1. The Hall–Kier alpha value is -1.02. The number of sulfonamides is 1. The molecule has 0 unspecified atom stereocenters. The van der Waals surface area contributed by atoms with Gasteiger partial charge in [-0.3, -0.25) is 0 Å². The van der Waals surface area contributed by atoms with E-state index in [4.69, 9.17) is 4.74 Å². The van der Waals surface area contributed by atoms with Crippen molar-refractivity contribution < 1.29 is 22.7 Å². The third-order valence-electron chi connectivity index (χ3n) is 3.74. The number of halogens is 1. The zero-order valence-electron chi connectivity index (χ0n) is 12.0. The molecule has 7 heteroatoms. The van der Waals surface area contributed by atoms with E-state index in [1.165, 1.54) is 17.4 Å². The van der Waals surface area contributed by atoms with Crippen LogP contribution in [0.15, 0.2) is 23.1 Å². The first-order chi connectivity index (χ1) is 9.95. The lowest BCUT2D eigenvalue weighted by Gasteiger charge is -2.27. The first-order valence-electron chi connectivity index (χ1n) is 6.88. The predicted molar refractivity (Wildman–Crippen MR) is 75.7 cm³/mol. The third kappa shape index (κ3) is 3.79. The van der Waals surface area contributed by atoms with Gasteiger partial charge in [0.1, 0.15) is 5.82 Å². The van der Waals surface area contributed by atoms with Gasteiger partial charge >= 0.3 is 0 Å². The van der Waals surface area contributed by atoms with Crippen LogP contribution >= 0.6 is 0 Å². The van der Waals surface area contributed by atoms with Gasteiger partial charge in [-0.2, -0.15) is 0 Å². The highest BCUT2D eigenvalue weighted by molar-refractivity contribution is 7.89. The maximum absolute atomic E-state index is 13.4. The number of rotatable bonds is 5. The molecule has 1 saturated heterocycles. The third-order valence-corrected chi connectivity index (χ3v) is 5.65. The normalized spacial score (nSPS) is 17.3. The zero-order chi connectivity index (χ0) is 15.5. The molecule has 0 aliphatic carbocycles. The second-order valence-corrected chi connectivity index (χ2v) is 7.26. The summed E-state index contributed by atoms with van der Waals surface area (Å²) in [5.74, 6) is -0.394. The van der Waals surface area contributed by atoms with E-state index in [0.717, 1.165) is 25.0 Å².